The minimum absolute atomic E-state index is 0.0314. The zero-order valence-corrected chi connectivity index (χ0v) is 13.9. The van der Waals surface area contributed by atoms with Crippen molar-refractivity contribution in [2.24, 2.45) is 0 Å². The van der Waals surface area contributed by atoms with Gasteiger partial charge in [-0.3, -0.25) is 19.7 Å². The fourth-order valence-electron chi connectivity index (χ4n) is 2.76. The van der Waals surface area contributed by atoms with Crippen molar-refractivity contribution in [2.45, 2.75) is 26.3 Å². The molecule has 25 heavy (non-hydrogen) atoms. The summed E-state index contributed by atoms with van der Waals surface area (Å²) >= 11 is 0. The highest BCUT2D eigenvalue weighted by molar-refractivity contribution is 6.23. The molecule has 0 bridgehead atoms. The third kappa shape index (κ3) is 3.21. The topological polar surface area (TPSA) is 92.6 Å². The van der Waals surface area contributed by atoms with Crippen molar-refractivity contribution in [1.29, 1.82) is 0 Å². The molecule has 1 unspecified atom stereocenters. The highest BCUT2D eigenvalue weighted by Crippen LogP contribution is 2.27. The van der Waals surface area contributed by atoms with Crippen molar-refractivity contribution in [3.63, 3.8) is 0 Å². The zero-order valence-electron chi connectivity index (χ0n) is 13.9. The third-order valence-corrected chi connectivity index (χ3v) is 4.31. The van der Waals surface area contributed by atoms with Gasteiger partial charge in [0.25, 0.3) is 11.6 Å². The van der Waals surface area contributed by atoms with Gasteiger partial charge in [-0.1, -0.05) is 6.07 Å². The number of benzene rings is 2. The second-order valence-electron chi connectivity index (χ2n) is 6.04. The van der Waals surface area contributed by atoms with Crippen LogP contribution in [0.4, 0.5) is 17.1 Å². The van der Waals surface area contributed by atoms with Crippen LogP contribution in [0.1, 0.15) is 17.5 Å². The van der Waals surface area contributed by atoms with Crippen LogP contribution in [0.25, 0.3) is 0 Å². The molecule has 0 radical (unpaired) electrons. The van der Waals surface area contributed by atoms with E-state index in [2.05, 4.69) is 5.32 Å². The van der Waals surface area contributed by atoms with Crippen molar-refractivity contribution in [3.8, 4) is 0 Å². The molecule has 1 atom stereocenters. The van der Waals surface area contributed by atoms with Crippen molar-refractivity contribution in [3.05, 3.63) is 63.7 Å². The Morgan fingerprint density at radius 3 is 2.36 bits per heavy atom. The number of nitro groups is 1. The van der Waals surface area contributed by atoms with Gasteiger partial charge in [-0.2, -0.15) is 0 Å². The lowest BCUT2D eigenvalue weighted by Gasteiger charge is -2.17. The van der Waals surface area contributed by atoms with Crippen LogP contribution in [0.3, 0.4) is 0 Å². The summed E-state index contributed by atoms with van der Waals surface area (Å²) < 4.78 is 0. The molecule has 1 heterocycles. The summed E-state index contributed by atoms with van der Waals surface area (Å²) in [5, 5.41) is 13.7. The van der Waals surface area contributed by atoms with Crippen LogP contribution in [-0.2, 0) is 9.59 Å². The minimum atomic E-state index is -0.685. The molecule has 7 heteroatoms. The molecule has 128 valence electrons. The molecule has 0 aromatic heterocycles. The predicted molar refractivity (Wildman–Crippen MR) is 93.5 cm³/mol. The van der Waals surface area contributed by atoms with Crippen LogP contribution in [0.2, 0.25) is 0 Å². The van der Waals surface area contributed by atoms with E-state index in [-0.39, 0.29) is 23.9 Å². The van der Waals surface area contributed by atoms with Gasteiger partial charge in [-0.05, 0) is 49.2 Å². The Morgan fingerprint density at radius 2 is 1.76 bits per heavy atom. The highest BCUT2D eigenvalue weighted by Gasteiger charge is 2.39. The molecule has 7 nitrogen and oxygen atoms in total. The standard InChI is InChI=1S/C18H17N3O4/c1-11-3-6-15(9-12(11)2)20-17(22)10-16(18(20)23)19-13-4-7-14(8-5-13)21(24)25/h3-9,16,19H,10H2,1-2H3. The summed E-state index contributed by atoms with van der Waals surface area (Å²) in [5.74, 6) is -0.598. The van der Waals surface area contributed by atoms with E-state index in [0.29, 0.717) is 11.4 Å². The number of nitrogens with zero attached hydrogens (tertiary/aromatic N) is 2. The summed E-state index contributed by atoms with van der Waals surface area (Å²) in [6.07, 6.45) is 0.0444. The molecule has 3 rings (SSSR count). The normalized spacial score (nSPS) is 17.0. The number of hydrogen-bond donors (Lipinski definition) is 1. The molecule has 1 N–H and O–H groups in total. The number of imide groups is 1. The molecular weight excluding hydrogens is 322 g/mol. The number of non-ortho nitro benzene ring substituents is 1. The average Bonchev–Trinajstić information content (AvgIpc) is 2.85. The van der Waals surface area contributed by atoms with Crippen molar-refractivity contribution in [2.75, 3.05) is 10.2 Å². The van der Waals surface area contributed by atoms with E-state index in [1.54, 1.807) is 6.07 Å². The monoisotopic (exact) mass is 339 g/mol. The lowest BCUT2D eigenvalue weighted by Crippen LogP contribution is -2.34. The molecule has 1 saturated heterocycles. The van der Waals surface area contributed by atoms with Gasteiger partial charge in [0.2, 0.25) is 5.91 Å². The van der Waals surface area contributed by atoms with Gasteiger partial charge in [0, 0.05) is 17.8 Å². The minimum Gasteiger partial charge on any atom is -0.373 e. The Bertz CT molecular complexity index is 861. The van der Waals surface area contributed by atoms with Crippen molar-refractivity contribution >= 4 is 28.9 Å². The second kappa shape index (κ2) is 6.35. The number of nitrogens with one attached hydrogen (secondary N) is 1. The predicted octanol–water partition coefficient (Wildman–Crippen LogP) is 2.96. The van der Waals surface area contributed by atoms with E-state index >= 15 is 0 Å². The number of carbonyl (C=O) groups is 2. The Kier molecular flexibility index (Phi) is 4.22. The van der Waals surface area contributed by atoms with E-state index < -0.39 is 11.0 Å². The SMILES string of the molecule is Cc1ccc(N2C(=O)CC(Nc3ccc([N+](=O)[O-])cc3)C2=O)cc1C. The molecule has 1 aliphatic rings. The molecular formula is C18H17N3O4. The molecule has 2 aromatic rings. The molecule has 2 aromatic carbocycles. The molecule has 0 saturated carbocycles. The van der Waals surface area contributed by atoms with E-state index in [1.165, 1.54) is 29.2 Å². The molecule has 1 fully saturated rings. The molecule has 0 spiro atoms. The van der Waals surface area contributed by atoms with Crippen LogP contribution in [0.5, 0.6) is 0 Å². The van der Waals surface area contributed by atoms with Gasteiger partial charge in [0.15, 0.2) is 0 Å². The smallest absolute Gasteiger partial charge is 0.269 e. The van der Waals surface area contributed by atoms with Crippen LogP contribution < -0.4 is 10.2 Å². The van der Waals surface area contributed by atoms with Gasteiger partial charge in [0.1, 0.15) is 6.04 Å². The molecule has 1 aliphatic heterocycles. The van der Waals surface area contributed by atoms with Gasteiger partial charge >= 0.3 is 0 Å². The van der Waals surface area contributed by atoms with Crippen LogP contribution in [-0.4, -0.2) is 22.8 Å². The fourth-order valence-corrected chi connectivity index (χ4v) is 2.76. The first-order valence-corrected chi connectivity index (χ1v) is 7.82. The summed E-state index contributed by atoms with van der Waals surface area (Å²) in [6, 6.07) is 10.5. The van der Waals surface area contributed by atoms with E-state index in [9.17, 15) is 19.7 Å². The summed E-state index contributed by atoms with van der Waals surface area (Å²) in [6.45, 7) is 3.89. The fraction of sp³-hybridized carbons (Fsp3) is 0.222. The maximum atomic E-state index is 12.6. The Hall–Kier alpha value is -3.22. The van der Waals surface area contributed by atoms with Crippen molar-refractivity contribution in [1.82, 2.24) is 0 Å². The number of amides is 2. The van der Waals surface area contributed by atoms with Crippen molar-refractivity contribution < 1.29 is 14.5 Å². The summed E-state index contributed by atoms with van der Waals surface area (Å²) in [5.41, 5.74) is 3.18. The maximum absolute atomic E-state index is 12.6. The first-order chi connectivity index (χ1) is 11.9. The summed E-state index contributed by atoms with van der Waals surface area (Å²) in [4.78, 5) is 36.3. The van der Waals surface area contributed by atoms with E-state index in [4.69, 9.17) is 0 Å². The van der Waals surface area contributed by atoms with Gasteiger partial charge in [-0.25, -0.2) is 4.90 Å². The number of anilines is 2. The summed E-state index contributed by atoms with van der Waals surface area (Å²) in [7, 11) is 0. The van der Waals surface area contributed by atoms with Gasteiger partial charge in [-0.15, -0.1) is 0 Å². The zero-order chi connectivity index (χ0) is 18.1. The molecule has 0 aliphatic carbocycles. The van der Waals surface area contributed by atoms with Crippen LogP contribution in [0, 0.1) is 24.0 Å². The number of aryl methyl sites for hydroxylation is 2. The maximum Gasteiger partial charge on any atom is 0.269 e. The van der Waals surface area contributed by atoms with E-state index in [0.717, 1.165) is 11.1 Å². The molecule has 2 amide bonds. The second-order valence-corrected chi connectivity index (χ2v) is 6.04. The number of rotatable bonds is 4. The van der Waals surface area contributed by atoms with Gasteiger partial charge in [0.05, 0.1) is 17.0 Å². The van der Waals surface area contributed by atoms with E-state index in [1.807, 2.05) is 26.0 Å². The lowest BCUT2D eigenvalue weighted by atomic mass is 10.1. The lowest BCUT2D eigenvalue weighted by molar-refractivity contribution is -0.384. The van der Waals surface area contributed by atoms with Crippen LogP contribution in [0.15, 0.2) is 42.5 Å². The third-order valence-electron chi connectivity index (χ3n) is 4.31. The largest absolute Gasteiger partial charge is 0.373 e. The van der Waals surface area contributed by atoms with Gasteiger partial charge < -0.3 is 5.32 Å². The number of nitro benzene ring substituents is 1. The van der Waals surface area contributed by atoms with Crippen LogP contribution >= 0.6 is 0 Å². The quantitative estimate of drug-likeness (QED) is 0.525. The average molecular weight is 339 g/mol. The highest BCUT2D eigenvalue weighted by atomic mass is 16.6. The number of carbonyl (C=O) groups excluding carboxylic acids is 2. The Labute approximate surface area is 144 Å². The Morgan fingerprint density at radius 1 is 1.08 bits per heavy atom. The Balaban J connectivity index is 1.78. The first kappa shape index (κ1) is 16.6. The number of hydrogen-bond acceptors (Lipinski definition) is 5. The first-order valence-electron chi connectivity index (χ1n) is 7.82.